The Morgan fingerprint density at radius 1 is 1.19 bits per heavy atom. The summed E-state index contributed by atoms with van der Waals surface area (Å²) in [7, 11) is 0. The number of halogens is 1. The molecule has 0 aliphatic carbocycles. The zero-order valence-corrected chi connectivity index (χ0v) is 14.8. The largest absolute Gasteiger partial charge is 0.370 e. The number of nitrogen functional groups attached to an aromatic ring is 1. The van der Waals surface area contributed by atoms with Crippen molar-refractivity contribution in [3.05, 3.63) is 54.0 Å². The number of aromatic nitrogens is 3. The van der Waals surface area contributed by atoms with Crippen molar-refractivity contribution >= 4 is 23.2 Å². The topological polar surface area (TPSA) is 88.5 Å². The van der Waals surface area contributed by atoms with Crippen molar-refractivity contribution < 1.29 is 9.18 Å². The molecule has 0 spiro atoms. The Balaban J connectivity index is 1.31. The molecule has 4 rings (SSSR count). The molecule has 1 aliphatic heterocycles. The van der Waals surface area contributed by atoms with Gasteiger partial charge in [-0.2, -0.15) is 4.98 Å². The van der Waals surface area contributed by atoms with Crippen LogP contribution in [0.25, 0.3) is 5.65 Å². The van der Waals surface area contributed by atoms with E-state index in [-0.39, 0.29) is 30.1 Å². The highest BCUT2D eigenvalue weighted by Crippen LogP contribution is 2.21. The number of anilines is 2. The minimum atomic E-state index is -0.293. The SMILES string of the molecule is Nc1nc2ccc(N3CCC(NC(=O)Cc4ccc(F)cc4)CC3)cn2n1. The number of piperidine rings is 1. The zero-order valence-electron chi connectivity index (χ0n) is 14.8. The molecule has 140 valence electrons. The highest BCUT2D eigenvalue weighted by Gasteiger charge is 2.21. The molecule has 0 radical (unpaired) electrons. The first kappa shape index (κ1) is 17.3. The van der Waals surface area contributed by atoms with Crippen LogP contribution in [-0.2, 0) is 11.2 Å². The van der Waals surface area contributed by atoms with E-state index in [2.05, 4.69) is 20.3 Å². The quantitative estimate of drug-likeness (QED) is 0.733. The van der Waals surface area contributed by atoms with Crippen LogP contribution in [0.4, 0.5) is 16.0 Å². The first-order chi connectivity index (χ1) is 13.1. The number of benzene rings is 1. The Morgan fingerprint density at radius 3 is 2.67 bits per heavy atom. The van der Waals surface area contributed by atoms with Crippen LogP contribution in [0.1, 0.15) is 18.4 Å². The lowest BCUT2D eigenvalue weighted by Crippen LogP contribution is -2.45. The van der Waals surface area contributed by atoms with Crippen molar-refractivity contribution in [3.8, 4) is 0 Å². The fraction of sp³-hybridized carbons (Fsp3) is 0.316. The first-order valence-corrected chi connectivity index (χ1v) is 8.97. The van der Waals surface area contributed by atoms with E-state index in [0.29, 0.717) is 0 Å². The number of fused-ring (bicyclic) bond motifs is 1. The van der Waals surface area contributed by atoms with Crippen LogP contribution < -0.4 is 16.0 Å². The van der Waals surface area contributed by atoms with E-state index in [1.165, 1.54) is 12.1 Å². The summed E-state index contributed by atoms with van der Waals surface area (Å²) in [6.45, 7) is 1.69. The number of pyridine rings is 1. The van der Waals surface area contributed by atoms with E-state index in [4.69, 9.17) is 5.73 Å². The average Bonchev–Trinajstić information content (AvgIpc) is 3.03. The van der Waals surface area contributed by atoms with E-state index in [0.717, 1.165) is 42.8 Å². The number of nitrogens with two attached hydrogens (primary N) is 1. The minimum Gasteiger partial charge on any atom is -0.370 e. The van der Waals surface area contributed by atoms with Crippen LogP contribution in [0.2, 0.25) is 0 Å². The normalized spacial score (nSPS) is 15.2. The van der Waals surface area contributed by atoms with Crippen LogP contribution in [-0.4, -0.2) is 39.6 Å². The summed E-state index contributed by atoms with van der Waals surface area (Å²) in [5.74, 6) is -0.0624. The van der Waals surface area contributed by atoms with Gasteiger partial charge >= 0.3 is 0 Å². The standard InChI is InChI=1S/C19H21FN6O/c20-14-3-1-13(2-4-14)11-18(27)22-15-7-9-25(10-8-15)16-5-6-17-23-19(21)24-26(17)12-16/h1-6,12,15H,7-11H2,(H2,21,24)(H,22,27). The monoisotopic (exact) mass is 368 g/mol. The molecule has 0 atom stereocenters. The van der Waals surface area contributed by atoms with Crippen LogP contribution >= 0.6 is 0 Å². The van der Waals surface area contributed by atoms with Gasteiger partial charge in [-0.05, 0) is 42.7 Å². The van der Waals surface area contributed by atoms with Crippen molar-refractivity contribution in [2.75, 3.05) is 23.7 Å². The Hall–Kier alpha value is -3.16. The number of nitrogens with one attached hydrogen (secondary N) is 1. The van der Waals surface area contributed by atoms with Crippen LogP contribution in [0.15, 0.2) is 42.6 Å². The van der Waals surface area contributed by atoms with Gasteiger partial charge in [0.15, 0.2) is 5.65 Å². The van der Waals surface area contributed by atoms with Crippen molar-refractivity contribution in [1.29, 1.82) is 0 Å². The third-order valence-corrected chi connectivity index (χ3v) is 4.83. The van der Waals surface area contributed by atoms with Crippen molar-refractivity contribution in [2.24, 2.45) is 0 Å². The number of hydrogen-bond acceptors (Lipinski definition) is 5. The Bertz CT molecular complexity index is 946. The second-order valence-corrected chi connectivity index (χ2v) is 6.79. The summed E-state index contributed by atoms with van der Waals surface area (Å²) in [6.07, 6.45) is 3.93. The lowest BCUT2D eigenvalue weighted by molar-refractivity contribution is -0.121. The first-order valence-electron chi connectivity index (χ1n) is 8.97. The predicted octanol–water partition coefficient (Wildman–Crippen LogP) is 1.78. The molecule has 0 bridgehead atoms. The van der Waals surface area contributed by atoms with Gasteiger partial charge in [-0.25, -0.2) is 8.91 Å². The molecular formula is C19H21FN6O. The molecule has 3 aromatic rings. The third kappa shape index (κ3) is 3.99. The molecular weight excluding hydrogens is 347 g/mol. The third-order valence-electron chi connectivity index (χ3n) is 4.83. The molecule has 1 amide bonds. The molecule has 27 heavy (non-hydrogen) atoms. The van der Waals surface area contributed by atoms with Gasteiger partial charge in [0, 0.05) is 19.1 Å². The molecule has 0 unspecified atom stereocenters. The number of amides is 1. The fourth-order valence-corrected chi connectivity index (χ4v) is 3.42. The summed E-state index contributed by atoms with van der Waals surface area (Å²) < 4.78 is 14.6. The van der Waals surface area contributed by atoms with Crippen molar-refractivity contribution in [2.45, 2.75) is 25.3 Å². The molecule has 1 aromatic carbocycles. The second-order valence-electron chi connectivity index (χ2n) is 6.79. The Labute approximate surface area is 156 Å². The van der Waals surface area contributed by atoms with Crippen LogP contribution in [0.5, 0.6) is 0 Å². The number of nitrogens with zero attached hydrogens (tertiary/aromatic N) is 4. The van der Waals surface area contributed by atoms with Gasteiger partial charge in [0.2, 0.25) is 11.9 Å². The van der Waals surface area contributed by atoms with E-state index in [1.54, 1.807) is 16.6 Å². The summed E-state index contributed by atoms with van der Waals surface area (Å²) >= 11 is 0. The van der Waals surface area contributed by atoms with Gasteiger partial charge < -0.3 is 16.0 Å². The molecule has 0 saturated carbocycles. The molecule has 3 heterocycles. The van der Waals surface area contributed by atoms with Crippen LogP contribution in [0.3, 0.4) is 0 Å². The predicted molar refractivity (Wildman–Crippen MR) is 101 cm³/mol. The maximum Gasteiger partial charge on any atom is 0.240 e. The highest BCUT2D eigenvalue weighted by atomic mass is 19.1. The van der Waals surface area contributed by atoms with Crippen molar-refractivity contribution in [1.82, 2.24) is 19.9 Å². The van der Waals surface area contributed by atoms with E-state index in [1.807, 2.05) is 18.3 Å². The average molecular weight is 368 g/mol. The highest BCUT2D eigenvalue weighted by molar-refractivity contribution is 5.78. The van der Waals surface area contributed by atoms with Crippen molar-refractivity contribution in [3.63, 3.8) is 0 Å². The Morgan fingerprint density at radius 2 is 1.93 bits per heavy atom. The summed E-state index contributed by atoms with van der Waals surface area (Å²) in [4.78, 5) is 18.6. The number of rotatable bonds is 4. The summed E-state index contributed by atoms with van der Waals surface area (Å²) in [5, 5.41) is 7.23. The minimum absolute atomic E-state index is 0.0282. The molecule has 8 heteroatoms. The molecule has 1 aliphatic rings. The number of hydrogen-bond donors (Lipinski definition) is 2. The zero-order chi connectivity index (χ0) is 18.8. The van der Waals surface area contributed by atoms with Gasteiger partial charge in [0.1, 0.15) is 5.82 Å². The second kappa shape index (κ2) is 7.22. The Kier molecular flexibility index (Phi) is 4.62. The molecule has 3 N–H and O–H groups in total. The number of carbonyl (C=O) groups is 1. The van der Waals surface area contributed by atoms with Gasteiger partial charge in [-0.15, -0.1) is 5.10 Å². The van der Waals surface area contributed by atoms with E-state index < -0.39 is 0 Å². The van der Waals surface area contributed by atoms with Gasteiger partial charge in [0.25, 0.3) is 0 Å². The molecule has 1 saturated heterocycles. The molecule has 1 fully saturated rings. The van der Waals surface area contributed by atoms with Gasteiger partial charge in [0.05, 0.1) is 18.3 Å². The summed E-state index contributed by atoms with van der Waals surface area (Å²) in [5.41, 5.74) is 8.22. The maximum atomic E-state index is 12.9. The maximum absolute atomic E-state index is 12.9. The smallest absolute Gasteiger partial charge is 0.240 e. The lowest BCUT2D eigenvalue weighted by Gasteiger charge is -2.33. The molecule has 7 nitrogen and oxygen atoms in total. The summed E-state index contributed by atoms with van der Waals surface area (Å²) in [6, 6.07) is 10.1. The lowest BCUT2D eigenvalue weighted by atomic mass is 10.0. The number of carbonyl (C=O) groups excluding carboxylic acids is 1. The molecule has 2 aromatic heterocycles. The van der Waals surface area contributed by atoms with Crippen LogP contribution in [0, 0.1) is 5.82 Å². The fourth-order valence-electron chi connectivity index (χ4n) is 3.42. The van der Waals surface area contributed by atoms with E-state index in [9.17, 15) is 9.18 Å². The van der Waals surface area contributed by atoms with E-state index >= 15 is 0 Å². The van der Waals surface area contributed by atoms with Gasteiger partial charge in [-0.3, -0.25) is 4.79 Å². The van der Waals surface area contributed by atoms with Gasteiger partial charge in [-0.1, -0.05) is 12.1 Å².